The van der Waals surface area contributed by atoms with Crippen LogP contribution in [0.4, 0.5) is 11.6 Å². The normalized spacial score (nSPS) is 10.5. The molecule has 0 atom stereocenters. The third-order valence-electron chi connectivity index (χ3n) is 2.48. The summed E-state index contributed by atoms with van der Waals surface area (Å²) in [5.41, 5.74) is 6.66. The molecule has 4 nitrogen and oxygen atoms in total. The summed E-state index contributed by atoms with van der Waals surface area (Å²) in [6.45, 7) is 2.68. The molecule has 2 N–H and O–H groups in total. The second-order valence-electron chi connectivity index (χ2n) is 3.77. The van der Waals surface area contributed by atoms with Gasteiger partial charge in [0.1, 0.15) is 18.0 Å². The summed E-state index contributed by atoms with van der Waals surface area (Å²) in [5, 5.41) is 0. The summed E-state index contributed by atoms with van der Waals surface area (Å²) >= 11 is 7.47. The smallest absolute Gasteiger partial charge is 0.137 e. The lowest BCUT2D eigenvalue weighted by molar-refractivity contribution is 0.896. The van der Waals surface area contributed by atoms with Gasteiger partial charge in [0.05, 0.1) is 10.9 Å². The van der Waals surface area contributed by atoms with Crippen molar-refractivity contribution in [3.8, 4) is 0 Å². The van der Waals surface area contributed by atoms with Gasteiger partial charge in [0.15, 0.2) is 0 Å². The first-order chi connectivity index (χ1) is 8.08. The van der Waals surface area contributed by atoms with Crippen LogP contribution in [-0.4, -0.2) is 17.0 Å². The van der Waals surface area contributed by atoms with Crippen molar-refractivity contribution in [1.29, 1.82) is 0 Å². The molecule has 0 fully saturated rings. The molecule has 0 bridgehead atoms. The van der Waals surface area contributed by atoms with Crippen LogP contribution in [0.2, 0.25) is 4.34 Å². The molecular weight excluding hydrogens is 256 g/mol. The van der Waals surface area contributed by atoms with E-state index in [0.717, 1.165) is 22.3 Å². The van der Waals surface area contributed by atoms with E-state index in [1.165, 1.54) is 11.2 Å². The number of thiophene rings is 1. The molecule has 2 rings (SSSR count). The Bertz CT molecular complexity index is 526. The van der Waals surface area contributed by atoms with Gasteiger partial charge in [-0.15, -0.1) is 11.3 Å². The molecule has 17 heavy (non-hydrogen) atoms. The number of hydrogen-bond acceptors (Lipinski definition) is 5. The number of rotatable bonds is 3. The van der Waals surface area contributed by atoms with Gasteiger partial charge < -0.3 is 10.6 Å². The number of aromatic nitrogens is 2. The van der Waals surface area contributed by atoms with E-state index in [1.54, 1.807) is 11.3 Å². The third kappa shape index (κ3) is 2.68. The first-order valence-electron chi connectivity index (χ1n) is 5.10. The van der Waals surface area contributed by atoms with E-state index in [4.69, 9.17) is 17.3 Å². The Morgan fingerprint density at radius 1 is 1.41 bits per heavy atom. The predicted octanol–water partition coefficient (Wildman–Crippen LogP) is 2.72. The van der Waals surface area contributed by atoms with Crippen LogP contribution in [-0.2, 0) is 6.54 Å². The van der Waals surface area contributed by atoms with Crippen molar-refractivity contribution in [2.45, 2.75) is 13.5 Å². The average molecular weight is 269 g/mol. The predicted molar refractivity (Wildman–Crippen MR) is 72.6 cm³/mol. The fraction of sp³-hybridized carbons (Fsp3) is 0.273. The number of hydrogen-bond donors (Lipinski definition) is 1. The molecule has 0 spiro atoms. The van der Waals surface area contributed by atoms with Crippen molar-refractivity contribution < 1.29 is 0 Å². The molecule has 0 radical (unpaired) electrons. The average Bonchev–Trinajstić information content (AvgIpc) is 2.68. The van der Waals surface area contributed by atoms with E-state index in [9.17, 15) is 0 Å². The molecule has 0 aliphatic rings. The molecule has 0 saturated heterocycles. The van der Waals surface area contributed by atoms with E-state index in [-0.39, 0.29) is 0 Å². The number of nitrogen functional groups attached to an aromatic ring is 1. The van der Waals surface area contributed by atoms with Crippen molar-refractivity contribution in [2.75, 3.05) is 17.7 Å². The first kappa shape index (κ1) is 12.1. The van der Waals surface area contributed by atoms with Gasteiger partial charge >= 0.3 is 0 Å². The van der Waals surface area contributed by atoms with Gasteiger partial charge in [0, 0.05) is 17.5 Å². The van der Waals surface area contributed by atoms with Gasteiger partial charge in [-0.25, -0.2) is 9.97 Å². The van der Waals surface area contributed by atoms with Gasteiger partial charge in [0.25, 0.3) is 0 Å². The lowest BCUT2D eigenvalue weighted by atomic mass is 10.3. The van der Waals surface area contributed by atoms with Gasteiger partial charge in [-0.3, -0.25) is 0 Å². The maximum atomic E-state index is 5.90. The van der Waals surface area contributed by atoms with Crippen molar-refractivity contribution >= 4 is 34.6 Å². The highest BCUT2D eigenvalue weighted by Crippen LogP contribution is 2.25. The quantitative estimate of drug-likeness (QED) is 0.930. The molecular formula is C11H13ClN4S. The molecule has 6 heteroatoms. The standard InChI is InChI=1S/C11H13ClN4S/c1-7-10(13)14-6-15-11(7)16(2)5-8-3-4-9(12)17-8/h3-4,6H,5H2,1-2H3,(H2,13,14,15). The largest absolute Gasteiger partial charge is 0.383 e. The van der Waals surface area contributed by atoms with Crippen LogP contribution in [0.3, 0.4) is 0 Å². The van der Waals surface area contributed by atoms with Gasteiger partial charge in [-0.1, -0.05) is 11.6 Å². The Labute approximate surface area is 109 Å². The Kier molecular flexibility index (Phi) is 3.49. The number of nitrogens with two attached hydrogens (primary N) is 1. The van der Waals surface area contributed by atoms with E-state index >= 15 is 0 Å². The van der Waals surface area contributed by atoms with Crippen LogP contribution in [0.15, 0.2) is 18.5 Å². The van der Waals surface area contributed by atoms with Crippen LogP contribution in [0.25, 0.3) is 0 Å². The highest BCUT2D eigenvalue weighted by molar-refractivity contribution is 7.16. The summed E-state index contributed by atoms with van der Waals surface area (Å²) < 4.78 is 0.798. The summed E-state index contributed by atoms with van der Waals surface area (Å²) in [6, 6.07) is 3.92. The molecule has 90 valence electrons. The van der Waals surface area contributed by atoms with Crippen LogP contribution in [0, 0.1) is 6.92 Å². The van der Waals surface area contributed by atoms with Gasteiger partial charge in [0.2, 0.25) is 0 Å². The molecule has 2 aromatic rings. The number of anilines is 2. The molecule has 0 aliphatic heterocycles. The van der Waals surface area contributed by atoms with Crippen LogP contribution in [0.1, 0.15) is 10.4 Å². The highest BCUT2D eigenvalue weighted by atomic mass is 35.5. The van der Waals surface area contributed by atoms with Crippen molar-refractivity contribution in [3.63, 3.8) is 0 Å². The van der Waals surface area contributed by atoms with Crippen LogP contribution in [0.5, 0.6) is 0 Å². The third-order valence-corrected chi connectivity index (χ3v) is 3.70. The van der Waals surface area contributed by atoms with E-state index < -0.39 is 0 Å². The summed E-state index contributed by atoms with van der Waals surface area (Å²) in [4.78, 5) is 11.4. The maximum absolute atomic E-state index is 5.90. The van der Waals surface area contributed by atoms with Crippen LogP contribution < -0.4 is 10.6 Å². The molecule has 0 aliphatic carbocycles. The Hall–Kier alpha value is -1.33. The monoisotopic (exact) mass is 268 g/mol. The van der Waals surface area contributed by atoms with Crippen LogP contribution >= 0.6 is 22.9 Å². The van der Waals surface area contributed by atoms with E-state index in [0.29, 0.717) is 5.82 Å². The Morgan fingerprint density at radius 3 is 2.82 bits per heavy atom. The lowest BCUT2D eigenvalue weighted by Crippen LogP contribution is -2.19. The summed E-state index contributed by atoms with van der Waals surface area (Å²) in [5.74, 6) is 1.37. The first-order valence-corrected chi connectivity index (χ1v) is 6.30. The zero-order valence-electron chi connectivity index (χ0n) is 9.64. The summed E-state index contributed by atoms with van der Waals surface area (Å²) in [6.07, 6.45) is 1.48. The maximum Gasteiger partial charge on any atom is 0.137 e. The lowest BCUT2D eigenvalue weighted by Gasteiger charge is -2.19. The minimum absolute atomic E-state index is 0.520. The topological polar surface area (TPSA) is 55.0 Å². The van der Waals surface area contributed by atoms with E-state index in [2.05, 4.69) is 9.97 Å². The fourth-order valence-corrected chi connectivity index (χ4v) is 2.73. The Morgan fingerprint density at radius 2 is 2.18 bits per heavy atom. The minimum atomic E-state index is 0.520. The summed E-state index contributed by atoms with van der Waals surface area (Å²) in [7, 11) is 1.97. The second-order valence-corrected chi connectivity index (χ2v) is 5.57. The molecule has 0 saturated carbocycles. The Balaban J connectivity index is 2.20. The molecule has 0 unspecified atom stereocenters. The molecule has 2 aromatic heterocycles. The minimum Gasteiger partial charge on any atom is -0.383 e. The molecule has 0 aromatic carbocycles. The second kappa shape index (κ2) is 4.89. The van der Waals surface area contributed by atoms with Gasteiger partial charge in [-0.05, 0) is 19.1 Å². The highest BCUT2D eigenvalue weighted by Gasteiger charge is 2.10. The molecule has 2 heterocycles. The zero-order valence-corrected chi connectivity index (χ0v) is 11.2. The number of nitrogens with zero attached hydrogens (tertiary/aromatic N) is 3. The SMILES string of the molecule is Cc1c(N)ncnc1N(C)Cc1ccc(Cl)s1. The van der Waals surface area contributed by atoms with Crippen molar-refractivity contribution in [2.24, 2.45) is 0 Å². The van der Waals surface area contributed by atoms with Crippen molar-refractivity contribution in [1.82, 2.24) is 9.97 Å². The van der Waals surface area contributed by atoms with Crippen molar-refractivity contribution in [3.05, 3.63) is 33.2 Å². The number of halogens is 1. The zero-order chi connectivity index (χ0) is 12.4. The molecule has 0 amide bonds. The fourth-order valence-electron chi connectivity index (χ4n) is 1.58. The van der Waals surface area contributed by atoms with E-state index in [1.807, 2.05) is 31.0 Å². The van der Waals surface area contributed by atoms with Gasteiger partial charge in [-0.2, -0.15) is 0 Å².